The highest BCUT2D eigenvalue weighted by Crippen LogP contribution is 2.26. The van der Waals surface area contributed by atoms with E-state index in [1.54, 1.807) is 7.11 Å². The Labute approximate surface area is 123 Å². The monoisotopic (exact) mass is 317 g/mol. The summed E-state index contributed by atoms with van der Waals surface area (Å²) in [5, 5.41) is 10.5. The fourth-order valence-corrected chi connectivity index (χ4v) is 2.07. The molecule has 1 rings (SSSR count). The molecule has 0 saturated carbocycles. The lowest BCUT2D eigenvalue weighted by molar-refractivity contribution is -0.115. The topological polar surface area (TPSA) is 120 Å². The normalized spacial score (nSPS) is 11.2. The number of carbonyl (C=O) groups is 1. The maximum atomic E-state index is 11.8. The van der Waals surface area contributed by atoms with Gasteiger partial charge in [-0.05, 0) is 18.2 Å². The summed E-state index contributed by atoms with van der Waals surface area (Å²) in [5.41, 5.74) is 0.238. The summed E-state index contributed by atoms with van der Waals surface area (Å²) in [6.45, 7) is 1.07. The lowest BCUT2D eigenvalue weighted by atomic mass is 10.3. The number of primary sulfonamides is 1. The number of carbonyl (C=O) groups excluding carboxylic acids is 1. The van der Waals surface area contributed by atoms with Gasteiger partial charge in [-0.15, -0.1) is 0 Å². The van der Waals surface area contributed by atoms with Gasteiger partial charge in [0.25, 0.3) is 0 Å². The molecule has 9 heteroatoms. The molecule has 0 radical (unpaired) electrons. The molecule has 8 nitrogen and oxygen atoms in total. The highest BCUT2D eigenvalue weighted by Gasteiger charge is 2.13. The van der Waals surface area contributed by atoms with E-state index in [4.69, 9.17) is 14.6 Å². The van der Waals surface area contributed by atoms with Crippen LogP contribution in [0.15, 0.2) is 23.1 Å². The molecule has 1 aromatic carbocycles. The zero-order valence-corrected chi connectivity index (χ0v) is 12.7. The maximum absolute atomic E-state index is 11.8. The Morgan fingerprint density at radius 3 is 2.62 bits per heavy atom. The fourth-order valence-electron chi connectivity index (χ4n) is 1.53. The summed E-state index contributed by atoms with van der Waals surface area (Å²) in [5.74, 6) is 0.00335. The minimum absolute atomic E-state index is 0.0616. The largest absolute Gasteiger partial charge is 0.495 e. The predicted octanol–water partition coefficient (Wildman–Crippen LogP) is -0.483. The number of anilines is 1. The fraction of sp³-hybridized carbons (Fsp3) is 0.417. The van der Waals surface area contributed by atoms with Gasteiger partial charge in [0, 0.05) is 13.7 Å². The molecule has 0 saturated heterocycles. The maximum Gasteiger partial charge on any atom is 0.238 e. The first-order valence-corrected chi connectivity index (χ1v) is 7.63. The van der Waals surface area contributed by atoms with Crippen molar-refractivity contribution in [3.63, 3.8) is 0 Å². The lowest BCUT2D eigenvalue weighted by Gasteiger charge is -2.12. The number of amides is 1. The second-order valence-corrected chi connectivity index (χ2v) is 5.69. The van der Waals surface area contributed by atoms with Crippen molar-refractivity contribution in [3.8, 4) is 5.75 Å². The van der Waals surface area contributed by atoms with Crippen molar-refractivity contribution in [1.82, 2.24) is 5.32 Å². The van der Waals surface area contributed by atoms with Crippen LogP contribution in [0.5, 0.6) is 5.75 Å². The van der Waals surface area contributed by atoms with Crippen LogP contribution in [0, 0.1) is 0 Å². The molecule has 0 aromatic heterocycles. The van der Waals surface area contributed by atoms with Crippen LogP contribution in [-0.2, 0) is 19.6 Å². The molecule has 0 unspecified atom stereocenters. The van der Waals surface area contributed by atoms with Crippen molar-refractivity contribution < 1.29 is 22.7 Å². The third kappa shape index (κ3) is 5.68. The molecule has 0 atom stereocenters. The quantitative estimate of drug-likeness (QED) is 0.557. The van der Waals surface area contributed by atoms with Gasteiger partial charge >= 0.3 is 0 Å². The van der Waals surface area contributed by atoms with Gasteiger partial charge in [0.2, 0.25) is 15.9 Å². The van der Waals surface area contributed by atoms with Crippen molar-refractivity contribution in [2.24, 2.45) is 5.14 Å². The Hall–Kier alpha value is -1.68. The molecule has 1 amide bonds. The molecule has 0 aliphatic rings. The highest BCUT2D eigenvalue weighted by atomic mass is 32.2. The summed E-state index contributed by atoms with van der Waals surface area (Å²) in [4.78, 5) is 11.6. The molecule has 118 valence electrons. The van der Waals surface area contributed by atoms with E-state index in [1.807, 2.05) is 0 Å². The zero-order valence-electron chi connectivity index (χ0n) is 11.9. The van der Waals surface area contributed by atoms with Gasteiger partial charge in [-0.25, -0.2) is 13.6 Å². The summed E-state index contributed by atoms with van der Waals surface area (Å²) < 4.78 is 32.5. The Bertz CT molecular complexity index is 589. The molecular weight excluding hydrogens is 298 g/mol. The number of methoxy groups -OCH3 is 2. The van der Waals surface area contributed by atoms with Gasteiger partial charge in [-0.2, -0.15) is 0 Å². The number of nitrogens with one attached hydrogen (secondary N) is 2. The number of ether oxygens (including phenoxy) is 2. The van der Waals surface area contributed by atoms with Crippen LogP contribution >= 0.6 is 0 Å². The standard InChI is InChI=1S/C12H19N3O5S/c1-19-6-5-14-8-12(16)15-10-7-9(21(13,17)18)3-4-11(10)20-2/h3-4,7,14H,5-6,8H2,1-2H3,(H,15,16)(H2,13,17,18). The Morgan fingerprint density at radius 1 is 1.33 bits per heavy atom. The van der Waals surface area contributed by atoms with Gasteiger partial charge in [-0.3, -0.25) is 4.79 Å². The van der Waals surface area contributed by atoms with Crippen molar-refractivity contribution in [1.29, 1.82) is 0 Å². The molecule has 21 heavy (non-hydrogen) atoms. The number of rotatable bonds is 8. The van der Waals surface area contributed by atoms with Crippen LogP contribution < -0.4 is 20.5 Å². The average Bonchev–Trinajstić information content (AvgIpc) is 2.42. The Kier molecular flexibility index (Phi) is 6.56. The minimum Gasteiger partial charge on any atom is -0.495 e. The van der Waals surface area contributed by atoms with E-state index in [1.165, 1.54) is 25.3 Å². The third-order valence-electron chi connectivity index (χ3n) is 2.54. The van der Waals surface area contributed by atoms with Crippen LogP contribution in [0.1, 0.15) is 0 Å². The first-order valence-electron chi connectivity index (χ1n) is 6.09. The van der Waals surface area contributed by atoms with E-state index < -0.39 is 10.0 Å². The number of sulfonamides is 1. The first kappa shape index (κ1) is 17.4. The number of benzene rings is 1. The molecule has 0 aliphatic heterocycles. The van der Waals surface area contributed by atoms with E-state index >= 15 is 0 Å². The SMILES string of the molecule is COCCNCC(=O)Nc1cc(S(N)(=O)=O)ccc1OC. The number of hydrogen-bond acceptors (Lipinski definition) is 6. The zero-order chi connectivity index (χ0) is 15.9. The summed E-state index contributed by atoms with van der Waals surface area (Å²) in [7, 11) is -0.873. The molecule has 0 fully saturated rings. The van der Waals surface area contributed by atoms with E-state index in [0.717, 1.165) is 0 Å². The van der Waals surface area contributed by atoms with Crippen LogP contribution in [0.3, 0.4) is 0 Å². The lowest BCUT2D eigenvalue weighted by Crippen LogP contribution is -2.30. The third-order valence-corrected chi connectivity index (χ3v) is 3.45. The molecular formula is C12H19N3O5S. The Morgan fingerprint density at radius 2 is 2.05 bits per heavy atom. The number of nitrogens with two attached hydrogens (primary N) is 1. The van der Waals surface area contributed by atoms with Crippen molar-refractivity contribution in [3.05, 3.63) is 18.2 Å². The van der Waals surface area contributed by atoms with Gasteiger partial charge < -0.3 is 20.1 Å². The Balaban J connectivity index is 2.78. The molecule has 0 aliphatic carbocycles. The predicted molar refractivity (Wildman–Crippen MR) is 77.7 cm³/mol. The molecule has 1 aromatic rings. The van der Waals surface area contributed by atoms with E-state index in [0.29, 0.717) is 18.9 Å². The molecule has 4 N–H and O–H groups in total. The van der Waals surface area contributed by atoms with Crippen LogP contribution in [0.2, 0.25) is 0 Å². The van der Waals surface area contributed by atoms with E-state index in [2.05, 4.69) is 10.6 Å². The van der Waals surface area contributed by atoms with Crippen molar-refractivity contribution in [2.45, 2.75) is 4.90 Å². The van der Waals surface area contributed by atoms with Crippen LogP contribution in [0.4, 0.5) is 5.69 Å². The van der Waals surface area contributed by atoms with E-state index in [-0.39, 0.29) is 23.0 Å². The van der Waals surface area contributed by atoms with Crippen molar-refractivity contribution in [2.75, 3.05) is 39.2 Å². The van der Waals surface area contributed by atoms with E-state index in [9.17, 15) is 13.2 Å². The number of hydrogen-bond donors (Lipinski definition) is 3. The van der Waals surface area contributed by atoms with Gasteiger partial charge in [0.05, 0.1) is 30.8 Å². The molecule has 0 bridgehead atoms. The summed E-state index contributed by atoms with van der Waals surface area (Å²) in [6.07, 6.45) is 0. The molecule has 0 spiro atoms. The second kappa shape index (κ2) is 7.93. The van der Waals surface area contributed by atoms with Gasteiger partial charge in [0.1, 0.15) is 5.75 Å². The minimum atomic E-state index is -3.85. The first-order chi connectivity index (χ1) is 9.88. The summed E-state index contributed by atoms with van der Waals surface area (Å²) >= 11 is 0. The second-order valence-electron chi connectivity index (χ2n) is 4.12. The smallest absolute Gasteiger partial charge is 0.238 e. The average molecular weight is 317 g/mol. The van der Waals surface area contributed by atoms with Gasteiger partial charge in [0.15, 0.2) is 0 Å². The summed E-state index contributed by atoms with van der Waals surface area (Å²) in [6, 6.07) is 3.98. The van der Waals surface area contributed by atoms with Gasteiger partial charge in [-0.1, -0.05) is 0 Å². The molecule has 0 heterocycles. The van der Waals surface area contributed by atoms with Crippen molar-refractivity contribution >= 4 is 21.6 Å². The highest BCUT2D eigenvalue weighted by molar-refractivity contribution is 7.89. The van der Waals surface area contributed by atoms with Crippen LogP contribution in [-0.4, -0.2) is 48.2 Å². The van der Waals surface area contributed by atoms with Crippen LogP contribution in [0.25, 0.3) is 0 Å².